The molecule has 7 heteroatoms. The molecule has 1 aromatic rings. The zero-order valence-electron chi connectivity index (χ0n) is 12.3. The van der Waals surface area contributed by atoms with Crippen LogP contribution >= 0.6 is 23.2 Å². The maximum atomic E-state index is 11.3. The van der Waals surface area contributed by atoms with Crippen molar-refractivity contribution in [1.82, 2.24) is 0 Å². The van der Waals surface area contributed by atoms with Crippen LogP contribution in [0.2, 0.25) is 10.0 Å². The molecule has 1 fully saturated rings. The van der Waals surface area contributed by atoms with Gasteiger partial charge >= 0.3 is 6.16 Å². The Labute approximate surface area is 139 Å². The third-order valence-electron chi connectivity index (χ3n) is 3.11. The SMILES string of the molecule is CCOC(=O)OC1(CCCCOc2ccc(Cl)c(Cl)c2)CO1. The first-order chi connectivity index (χ1) is 10.5. The molecule has 0 N–H and O–H groups in total. The van der Waals surface area contributed by atoms with Crippen LogP contribution in [0.15, 0.2) is 18.2 Å². The molecule has 0 amide bonds. The minimum Gasteiger partial charge on any atom is -0.494 e. The molecule has 0 bridgehead atoms. The zero-order chi connectivity index (χ0) is 16.0. The standard InChI is InChI=1S/C15H18Cl2O5/c1-2-19-14(18)22-15(10-21-15)7-3-4-8-20-11-5-6-12(16)13(17)9-11/h5-6,9H,2-4,7-8,10H2,1H3. The summed E-state index contributed by atoms with van der Waals surface area (Å²) in [7, 11) is 0. The normalized spacial score (nSPS) is 19.6. The maximum Gasteiger partial charge on any atom is 0.510 e. The highest BCUT2D eigenvalue weighted by atomic mass is 35.5. The molecule has 1 atom stereocenters. The second-order valence-corrected chi connectivity index (χ2v) is 5.68. The summed E-state index contributed by atoms with van der Waals surface area (Å²) in [6, 6.07) is 5.14. The van der Waals surface area contributed by atoms with Crippen LogP contribution in [0.4, 0.5) is 4.79 Å². The zero-order valence-corrected chi connectivity index (χ0v) is 13.8. The van der Waals surface area contributed by atoms with Crippen LogP contribution in [0, 0.1) is 0 Å². The van der Waals surface area contributed by atoms with E-state index in [0.717, 1.165) is 12.8 Å². The van der Waals surface area contributed by atoms with Gasteiger partial charge in [-0.2, -0.15) is 0 Å². The van der Waals surface area contributed by atoms with Gasteiger partial charge in [-0.1, -0.05) is 23.2 Å². The van der Waals surface area contributed by atoms with E-state index in [0.29, 0.717) is 35.4 Å². The first-order valence-corrected chi connectivity index (χ1v) is 7.88. The minimum absolute atomic E-state index is 0.284. The molecule has 1 aliphatic rings. The Bertz CT molecular complexity index is 517. The lowest BCUT2D eigenvalue weighted by Crippen LogP contribution is -2.22. The van der Waals surface area contributed by atoms with Gasteiger partial charge in [-0.25, -0.2) is 4.79 Å². The molecule has 0 saturated carbocycles. The smallest absolute Gasteiger partial charge is 0.494 e. The van der Waals surface area contributed by atoms with Crippen LogP contribution in [0.3, 0.4) is 0 Å². The molecule has 0 radical (unpaired) electrons. The van der Waals surface area contributed by atoms with Crippen molar-refractivity contribution < 1.29 is 23.7 Å². The van der Waals surface area contributed by atoms with E-state index in [1.54, 1.807) is 25.1 Å². The molecule has 0 aromatic heterocycles. The van der Waals surface area contributed by atoms with E-state index < -0.39 is 11.9 Å². The molecule has 22 heavy (non-hydrogen) atoms. The number of hydrogen-bond acceptors (Lipinski definition) is 5. The second kappa shape index (κ2) is 7.90. The number of unbranched alkanes of at least 4 members (excludes halogenated alkanes) is 1. The van der Waals surface area contributed by atoms with Crippen molar-refractivity contribution in [3.05, 3.63) is 28.2 Å². The Morgan fingerprint density at radius 1 is 1.32 bits per heavy atom. The van der Waals surface area contributed by atoms with E-state index in [2.05, 4.69) is 0 Å². The third-order valence-corrected chi connectivity index (χ3v) is 3.85. The van der Waals surface area contributed by atoms with Gasteiger partial charge in [-0.05, 0) is 31.9 Å². The lowest BCUT2D eigenvalue weighted by molar-refractivity contribution is -0.0383. The number of hydrogen-bond donors (Lipinski definition) is 0. The summed E-state index contributed by atoms with van der Waals surface area (Å²) < 4.78 is 20.7. The average molecular weight is 349 g/mol. The number of halogens is 2. The monoisotopic (exact) mass is 348 g/mol. The van der Waals surface area contributed by atoms with Crippen LogP contribution in [0.5, 0.6) is 5.75 Å². The number of ether oxygens (including phenoxy) is 4. The number of epoxide rings is 1. The molecule has 0 spiro atoms. The fourth-order valence-corrected chi connectivity index (χ4v) is 2.18. The molecule has 0 aliphatic carbocycles. The van der Waals surface area contributed by atoms with Gasteiger partial charge < -0.3 is 18.9 Å². The molecule has 1 unspecified atom stereocenters. The minimum atomic E-state index is -0.796. The lowest BCUT2D eigenvalue weighted by atomic mass is 10.2. The van der Waals surface area contributed by atoms with Crippen LogP contribution in [-0.4, -0.2) is 31.8 Å². The topological polar surface area (TPSA) is 57.3 Å². The van der Waals surface area contributed by atoms with Crippen molar-refractivity contribution in [2.24, 2.45) is 0 Å². The molecule has 122 valence electrons. The Kier molecular flexibility index (Phi) is 6.17. The number of benzene rings is 1. The van der Waals surface area contributed by atoms with Gasteiger partial charge in [0.15, 0.2) is 0 Å². The summed E-state index contributed by atoms with van der Waals surface area (Å²) in [6.07, 6.45) is 1.54. The first kappa shape index (κ1) is 17.2. The van der Waals surface area contributed by atoms with Gasteiger partial charge in [0.1, 0.15) is 12.4 Å². The summed E-state index contributed by atoms with van der Waals surface area (Å²) in [5.74, 6) is -0.120. The molecular formula is C15H18Cl2O5. The molecule has 2 rings (SSSR count). The van der Waals surface area contributed by atoms with Gasteiger partial charge in [0.25, 0.3) is 0 Å². The van der Waals surface area contributed by atoms with Crippen LogP contribution in [-0.2, 0) is 14.2 Å². The predicted octanol–water partition coefficient (Wildman–Crippen LogP) is 4.44. The average Bonchev–Trinajstić information content (AvgIpc) is 3.22. The van der Waals surface area contributed by atoms with Gasteiger partial charge in [-0.3, -0.25) is 0 Å². The summed E-state index contributed by atoms with van der Waals surface area (Å²) in [5.41, 5.74) is 0. The summed E-state index contributed by atoms with van der Waals surface area (Å²) in [6.45, 7) is 2.96. The van der Waals surface area contributed by atoms with Crippen molar-refractivity contribution in [3.63, 3.8) is 0 Å². The third kappa shape index (κ3) is 5.23. The lowest BCUT2D eigenvalue weighted by Gasteiger charge is -2.13. The van der Waals surface area contributed by atoms with Crippen molar-refractivity contribution in [3.8, 4) is 5.75 Å². The van der Waals surface area contributed by atoms with Gasteiger partial charge in [0.2, 0.25) is 5.79 Å². The van der Waals surface area contributed by atoms with Crippen molar-refractivity contribution in [2.75, 3.05) is 19.8 Å². The van der Waals surface area contributed by atoms with Gasteiger partial charge in [0, 0.05) is 12.5 Å². The number of rotatable bonds is 8. The molecule has 1 aromatic carbocycles. The quantitative estimate of drug-likeness (QED) is 0.394. The fourth-order valence-electron chi connectivity index (χ4n) is 1.89. The van der Waals surface area contributed by atoms with E-state index in [1.807, 2.05) is 0 Å². The summed E-state index contributed by atoms with van der Waals surface area (Å²) in [5, 5.41) is 0.963. The fraction of sp³-hybridized carbons (Fsp3) is 0.533. The Morgan fingerprint density at radius 3 is 2.73 bits per heavy atom. The van der Waals surface area contributed by atoms with Crippen molar-refractivity contribution in [2.45, 2.75) is 32.0 Å². The molecule has 1 aliphatic heterocycles. The van der Waals surface area contributed by atoms with E-state index >= 15 is 0 Å². The summed E-state index contributed by atoms with van der Waals surface area (Å²) in [4.78, 5) is 11.3. The largest absolute Gasteiger partial charge is 0.510 e. The number of carbonyl (C=O) groups is 1. The Hall–Kier alpha value is -1.17. The molecular weight excluding hydrogens is 331 g/mol. The van der Waals surface area contributed by atoms with Crippen molar-refractivity contribution in [1.29, 1.82) is 0 Å². The van der Waals surface area contributed by atoms with Crippen LogP contribution in [0.25, 0.3) is 0 Å². The second-order valence-electron chi connectivity index (χ2n) is 4.87. The van der Waals surface area contributed by atoms with Gasteiger partial charge in [0.05, 0.1) is 23.3 Å². The molecule has 5 nitrogen and oxygen atoms in total. The van der Waals surface area contributed by atoms with E-state index in [-0.39, 0.29) is 6.61 Å². The molecule has 1 heterocycles. The van der Waals surface area contributed by atoms with Gasteiger partial charge in [-0.15, -0.1) is 0 Å². The number of carbonyl (C=O) groups excluding carboxylic acids is 1. The van der Waals surface area contributed by atoms with E-state index in [9.17, 15) is 4.79 Å². The summed E-state index contributed by atoms with van der Waals surface area (Å²) >= 11 is 11.7. The van der Waals surface area contributed by atoms with Crippen LogP contribution in [0.1, 0.15) is 26.2 Å². The highest BCUT2D eigenvalue weighted by molar-refractivity contribution is 6.42. The van der Waals surface area contributed by atoms with Crippen LogP contribution < -0.4 is 4.74 Å². The Morgan fingerprint density at radius 2 is 2.09 bits per heavy atom. The highest BCUT2D eigenvalue weighted by Gasteiger charge is 2.49. The van der Waals surface area contributed by atoms with E-state index in [4.69, 9.17) is 42.1 Å². The van der Waals surface area contributed by atoms with E-state index in [1.165, 1.54) is 0 Å². The Balaban J connectivity index is 1.63. The maximum absolute atomic E-state index is 11.3. The predicted molar refractivity (Wildman–Crippen MR) is 82.6 cm³/mol. The molecule has 1 saturated heterocycles. The highest BCUT2D eigenvalue weighted by Crippen LogP contribution is 2.34. The van der Waals surface area contributed by atoms with Crippen molar-refractivity contribution >= 4 is 29.4 Å². The first-order valence-electron chi connectivity index (χ1n) is 7.12.